The zero-order valence-electron chi connectivity index (χ0n) is 12.0. The second-order valence-corrected chi connectivity index (χ2v) is 8.56. The molecule has 3 heteroatoms. The minimum absolute atomic E-state index is 0.277. The summed E-state index contributed by atoms with van der Waals surface area (Å²) in [6.45, 7) is 6.94. The third kappa shape index (κ3) is 4.06. The fraction of sp³-hybridized carbons (Fsp3) is 0.688. The van der Waals surface area contributed by atoms with E-state index in [9.17, 15) is 4.79 Å². The zero-order valence-corrected chi connectivity index (χ0v) is 13.6. The lowest BCUT2D eigenvalue weighted by Crippen LogP contribution is -2.29. The molecule has 0 N–H and O–H groups in total. The number of carbonyl (C=O) groups is 1. The number of hydrogen-bond donors (Lipinski definition) is 0. The molecule has 1 aromatic rings. The van der Waals surface area contributed by atoms with Crippen LogP contribution in [0.1, 0.15) is 51.3 Å². The maximum atomic E-state index is 12.3. The van der Waals surface area contributed by atoms with E-state index in [2.05, 4.69) is 20.8 Å². The molecule has 0 spiro atoms. The van der Waals surface area contributed by atoms with Crippen molar-refractivity contribution in [2.45, 2.75) is 52.9 Å². The zero-order chi connectivity index (χ0) is 14.0. The molecule has 0 saturated heterocycles. The van der Waals surface area contributed by atoms with Crippen LogP contribution in [0.4, 0.5) is 0 Å². The second-order valence-electron chi connectivity index (χ2n) is 6.76. The SMILES string of the molecule is CC(C)(C)C1CCC(C(=O)Cc2ccc(Cl)s2)CC1. The average molecular weight is 299 g/mol. The Morgan fingerprint density at radius 1 is 1.26 bits per heavy atom. The van der Waals surface area contributed by atoms with Crippen LogP contribution < -0.4 is 0 Å². The summed E-state index contributed by atoms with van der Waals surface area (Å²) in [5.74, 6) is 1.46. The Kier molecular flexibility index (Phi) is 4.73. The molecule has 1 fully saturated rings. The minimum atomic E-state index is 0.277. The summed E-state index contributed by atoms with van der Waals surface area (Å²) >= 11 is 7.44. The van der Waals surface area contributed by atoms with Gasteiger partial charge in [0.05, 0.1) is 4.34 Å². The van der Waals surface area contributed by atoms with E-state index in [1.54, 1.807) is 0 Å². The van der Waals surface area contributed by atoms with Crippen molar-refractivity contribution in [2.75, 3.05) is 0 Å². The Morgan fingerprint density at radius 2 is 1.89 bits per heavy atom. The van der Waals surface area contributed by atoms with Crippen LogP contribution in [0.5, 0.6) is 0 Å². The average Bonchev–Trinajstić information content (AvgIpc) is 2.74. The van der Waals surface area contributed by atoms with Crippen LogP contribution in [-0.4, -0.2) is 5.78 Å². The number of carbonyl (C=O) groups excluding carboxylic acids is 1. The summed E-state index contributed by atoms with van der Waals surface area (Å²) in [4.78, 5) is 13.4. The standard InChI is InChI=1S/C16H23ClOS/c1-16(2,3)12-6-4-11(5-7-12)14(18)10-13-8-9-15(17)19-13/h8-9,11-12H,4-7,10H2,1-3H3. The summed E-state index contributed by atoms with van der Waals surface area (Å²) in [5.41, 5.74) is 0.384. The highest BCUT2D eigenvalue weighted by atomic mass is 35.5. The third-order valence-corrected chi connectivity index (χ3v) is 5.62. The molecule has 1 aromatic heterocycles. The van der Waals surface area contributed by atoms with E-state index in [1.807, 2.05) is 12.1 Å². The molecule has 106 valence electrons. The third-order valence-electron chi connectivity index (χ3n) is 4.38. The molecule has 1 saturated carbocycles. The van der Waals surface area contributed by atoms with Crippen molar-refractivity contribution in [1.29, 1.82) is 0 Å². The maximum Gasteiger partial charge on any atom is 0.141 e. The van der Waals surface area contributed by atoms with E-state index < -0.39 is 0 Å². The summed E-state index contributed by atoms with van der Waals surface area (Å²) < 4.78 is 0.777. The molecule has 1 heterocycles. The molecular weight excluding hydrogens is 276 g/mol. The van der Waals surface area contributed by atoms with Crippen molar-refractivity contribution < 1.29 is 4.79 Å². The minimum Gasteiger partial charge on any atom is -0.299 e. The first-order chi connectivity index (χ1) is 8.86. The number of thiophene rings is 1. The van der Waals surface area contributed by atoms with Crippen molar-refractivity contribution in [2.24, 2.45) is 17.3 Å². The normalized spacial score (nSPS) is 24.4. The molecule has 1 nitrogen and oxygen atoms in total. The molecule has 1 aliphatic carbocycles. The molecule has 0 aromatic carbocycles. The second kappa shape index (κ2) is 5.97. The van der Waals surface area contributed by atoms with Gasteiger partial charge in [0.1, 0.15) is 5.78 Å². The molecule has 2 rings (SSSR count). The Hall–Kier alpha value is -0.340. The number of halogens is 1. The monoisotopic (exact) mass is 298 g/mol. The van der Waals surface area contributed by atoms with Gasteiger partial charge in [-0.2, -0.15) is 0 Å². The first kappa shape index (κ1) is 15.1. The summed E-state index contributed by atoms with van der Waals surface area (Å²) in [6.07, 6.45) is 5.11. The summed E-state index contributed by atoms with van der Waals surface area (Å²) in [6, 6.07) is 3.86. The highest BCUT2D eigenvalue weighted by molar-refractivity contribution is 7.16. The largest absolute Gasteiger partial charge is 0.299 e. The van der Waals surface area contributed by atoms with Crippen LogP contribution in [0, 0.1) is 17.3 Å². The highest BCUT2D eigenvalue weighted by Gasteiger charge is 2.32. The topological polar surface area (TPSA) is 17.1 Å². The van der Waals surface area contributed by atoms with E-state index in [1.165, 1.54) is 24.2 Å². The number of hydrogen-bond acceptors (Lipinski definition) is 2. The lowest BCUT2D eigenvalue weighted by molar-refractivity contribution is -0.123. The molecule has 0 amide bonds. The molecule has 19 heavy (non-hydrogen) atoms. The molecule has 0 atom stereocenters. The van der Waals surface area contributed by atoms with Gasteiger partial charge in [0.2, 0.25) is 0 Å². The van der Waals surface area contributed by atoms with Gasteiger partial charge < -0.3 is 0 Å². The fourth-order valence-corrected chi connectivity index (χ4v) is 4.14. The first-order valence-corrected chi connectivity index (χ1v) is 8.32. The van der Waals surface area contributed by atoms with Crippen LogP contribution in [0.15, 0.2) is 12.1 Å². The lowest BCUT2D eigenvalue weighted by Gasteiger charge is -2.36. The van der Waals surface area contributed by atoms with Gasteiger partial charge in [0, 0.05) is 17.2 Å². The molecule has 0 bridgehead atoms. The van der Waals surface area contributed by atoms with E-state index in [4.69, 9.17) is 11.6 Å². The van der Waals surface area contributed by atoms with Gasteiger partial charge in [0.15, 0.2) is 0 Å². The molecule has 0 radical (unpaired) electrons. The summed E-state index contributed by atoms with van der Waals surface area (Å²) in [5, 5.41) is 0. The Balaban J connectivity index is 1.86. The highest BCUT2D eigenvalue weighted by Crippen LogP contribution is 2.40. The van der Waals surface area contributed by atoms with E-state index >= 15 is 0 Å². The van der Waals surface area contributed by atoms with Crippen molar-refractivity contribution in [3.8, 4) is 0 Å². The predicted octanol–water partition coefficient (Wildman–Crippen LogP) is 5.37. The van der Waals surface area contributed by atoms with Crippen LogP contribution in [0.25, 0.3) is 0 Å². The van der Waals surface area contributed by atoms with Gasteiger partial charge in [-0.1, -0.05) is 32.4 Å². The molecule has 1 aliphatic rings. The molecule has 0 aliphatic heterocycles. The Labute approximate surface area is 125 Å². The predicted molar refractivity (Wildman–Crippen MR) is 82.9 cm³/mol. The van der Waals surface area contributed by atoms with Gasteiger partial charge in [-0.05, 0) is 49.1 Å². The lowest BCUT2D eigenvalue weighted by atomic mass is 9.69. The number of ketones is 1. The van der Waals surface area contributed by atoms with E-state index in [0.717, 1.165) is 28.0 Å². The smallest absolute Gasteiger partial charge is 0.141 e. The number of rotatable bonds is 3. The van der Waals surface area contributed by atoms with Crippen molar-refractivity contribution in [1.82, 2.24) is 0 Å². The van der Waals surface area contributed by atoms with Gasteiger partial charge in [-0.25, -0.2) is 0 Å². The van der Waals surface area contributed by atoms with Crippen molar-refractivity contribution >= 4 is 28.7 Å². The van der Waals surface area contributed by atoms with Gasteiger partial charge in [0.25, 0.3) is 0 Å². The molecule has 0 unspecified atom stereocenters. The number of Topliss-reactive ketones (excluding diaryl/α,β-unsaturated/α-hetero) is 1. The van der Waals surface area contributed by atoms with Crippen molar-refractivity contribution in [3.05, 3.63) is 21.3 Å². The van der Waals surface area contributed by atoms with Gasteiger partial charge >= 0.3 is 0 Å². The van der Waals surface area contributed by atoms with Crippen LogP contribution >= 0.6 is 22.9 Å². The van der Waals surface area contributed by atoms with Gasteiger partial charge in [-0.3, -0.25) is 4.79 Å². The Morgan fingerprint density at radius 3 is 2.37 bits per heavy atom. The van der Waals surface area contributed by atoms with Crippen LogP contribution in [0.2, 0.25) is 4.34 Å². The fourth-order valence-electron chi connectivity index (χ4n) is 3.04. The van der Waals surface area contributed by atoms with Crippen LogP contribution in [0.3, 0.4) is 0 Å². The van der Waals surface area contributed by atoms with Gasteiger partial charge in [-0.15, -0.1) is 11.3 Å². The molecular formula is C16H23ClOS. The quantitative estimate of drug-likeness (QED) is 0.733. The summed E-state index contributed by atoms with van der Waals surface area (Å²) in [7, 11) is 0. The van der Waals surface area contributed by atoms with Crippen molar-refractivity contribution in [3.63, 3.8) is 0 Å². The maximum absolute atomic E-state index is 12.3. The van der Waals surface area contributed by atoms with E-state index in [-0.39, 0.29) is 5.92 Å². The first-order valence-electron chi connectivity index (χ1n) is 7.13. The van der Waals surface area contributed by atoms with E-state index in [0.29, 0.717) is 17.6 Å². The Bertz CT molecular complexity index is 436. The van der Waals surface area contributed by atoms with Crippen LogP contribution in [-0.2, 0) is 11.2 Å².